The van der Waals surface area contributed by atoms with Crippen LogP contribution >= 0.6 is 0 Å². The van der Waals surface area contributed by atoms with E-state index in [1.54, 1.807) is 0 Å². The highest BCUT2D eigenvalue weighted by molar-refractivity contribution is 5.79. The van der Waals surface area contributed by atoms with Crippen molar-refractivity contribution >= 4 is 5.91 Å². The van der Waals surface area contributed by atoms with Crippen LogP contribution in [0.3, 0.4) is 0 Å². The van der Waals surface area contributed by atoms with Gasteiger partial charge in [0.2, 0.25) is 5.91 Å². The molecule has 4 fully saturated rings. The standard InChI is InChI=1S/C19H30N4O/c20-12-18-14-22(10-11-23(18)17-6-7-17)19(24)15-8-9-21(13-15)16-4-2-1-3-5-16/h15-18H,1-11,13-14H2. The zero-order valence-electron chi connectivity index (χ0n) is 14.7. The van der Waals surface area contributed by atoms with E-state index in [-0.39, 0.29) is 12.0 Å². The number of hydrogen-bond acceptors (Lipinski definition) is 4. The summed E-state index contributed by atoms with van der Waals surface area (Å²) >= 11 is 0. The molecule has 2 saturated heterocycles. The molecule has 2 aliphatic carbocycles. The highest BCUT2D eigenvalue weighted by Crippen LogP contribution is 2.32. The topological polar surface area (TPSA) is 50.6 Å². The summed E-state index contributed by atoms with van der Waals surface area (Å²) in [4.78, 5) is 19.8. The summed E-state index contributed by atoms with van der Waals surface area (Å²) in [6.07, 6.45) is 10.2. The maximum Gasteiger partial charge on any atom is 0.227 e. The number of nitrogens with zero attached hydrogens (tertiary/aromatic N) is 4. The number of nitriles is 1. The average Bonchev–Trinajstić information content (AvgIpc) is 3.37. The second kappa shape index (κ2) is 7.01. The molecule has 0 radical (unpaired) electrons. The van der Waals surface area contributed by atoms with Crippen LogP contribution in [0.25, 0.3) is 0 Å². The minimum Gasteiger partial charge on any atom is -0.338 e. The van der Waals surface area contributed by atoms with E-state index < -0.39 is 0 Å². The molecule has 2 saturated carbocycles. The average molecular weight is 330 g/mol. The maximum absolute atomic E-state index is 13.0. The molecule has 0 N–H and O–H groups in total. The number of carbonyl (C=O) groups excluding carboxylic acids is 1. The van der Waals surface area contributed by atoms with E-state index in [1.165, 1.54) is 44.9 Å². The lowest BCUT2D eigenvalue weighted by Gasteiger charge is -2.39. The molecule has 0 aromatic carbocycles. The quantitative estimate of drug-likeness (QED) is 0.792. The molecule has 1 amide bonds. The number of rotatable bonds is 3. The van der Waals surface area contributed by atoms with Gasteiger partial charge >= 0.3 is 0 Å². The highest BCUT2D eigenvalue weighted by Gasteiger charge is 2.41. The van der Waals surface area contributed by atoms with Gasteiger partial charge in [-0.05, 0) is 38.6 Å². The first-order valence-corrected chi connectivity index (χ1v) is 9.94. The lowest BCUT2D eigenvalue weighted by Crippen LogP contribution is -2.56. The molecule has 2 unspecified atom stereocenters. The van der Waals surface area contributed by atoms with Gasteiger partial charge in [0, 0.05) is 38.3 Å². The van der Waals surface area contributed by atoms with Crippen LogP contribution in [0.2, 0.25) is 0 Å². The molecule has 2 heterocycles. The molecule has 2 aliphatic heterocycles. The molecule has 0 spiro atoms. The Morgan fingerprint density at radius 2 is 1.67 bits per heavy atom. The Kier molecular flexibility index (Phi) is 4.78. The van der Waals surface area contributed by atoms with Crippen molar-refractivity contribution in [3.05, 3.63) is 0 Å². The van der Waals surface area contributed by atoms with Gasteiger partial charge in [0.05, 0.1) is 12.0 Å². The van der Waals surface area contributed by atoms with Crippen LogP contribution in [0.4, 0.5) is 0 Å². The first-order chi connectivity index (χ1) is 11.8. The van der Waals surface area contributed by atoms with Crippen molar-refractivity contribution in [2.75, 3.05) is 32.7 Å². The lowest BCUT2D eigenvalue weighted by atomic mass is 9.94. The predicted octanol–water partition coefficient (Wildman–Crippen LogP) is 1.84. The monoisotopic (exact) mass is 330 g/mol. The van der Waals surface area contributed by atoms with E-state index in [1.807, 2.05) is 4.90 Å². The fourth-order valence-corrected chi connectivity index (χ4v) is 4.98. The molecule has 4 aliphatic rings. The summed E-state index contributed by atoms with van der Waals surface area (Å²) in [5.41, 5.74) is 0. The number of carbonyl (C=O) groups is 1. The molecule has 5 nitrogen and oxygen atoms in total. The van der Waals surface area contributed by atoms with Crippen LogP contribution in [-0.2, 0) is 4.79 Å². The minimum absolute atomic E-state index is 0.0916. The van der Waals surface area contributed by atoms with Gasteiger partial charge in [0.1, 0.15) is 6.04 Å². The van der Waals surface area contributed by atoms with Crippen molar-refractivity contribution in [3.63, 3.8) is 0 Å². The third-order valence-corrected chi connectivity index (χ3v) is 6.56. The van der Waals surface area contributed by atoms with Gasteiger partial charge in [-0.2, -0.15) is 5.26 Å². The Bertz CT molecular complexity index is 506. The van der Waals surface area contributed by atoms with E-state index in [0.29, 0.717) is 18.5 Å². The van der Waals surface area contributed by atoms with Gasteiger partial charge in [-0.25, -0.2) is 0 Å². The van der Waals surface area contributed by atoms with E-state index in [2.05, 4.69) is 15.9 Å². The van der Waals surface area contributed by atoms with E-state index in [9.17, 15) is 10.1 Å². The van der Waals surface area contributed by atoms with Gasteiger partial charge in [0.15, 0.2) is 0 Å². The van der Waals surface area contributed by atoms with Gasteiger partial charge in [0.25, 0.3) is 0 Å². The SMILES string of the molecule is N#CC1CN(C(=O)C2CCN(C3CCCCC3)C2)CCN1C1CC1. The fourth-order valence-electron chi connectivity index (χ4n) is 4.98. The molecular formula is C19H30N4O. The first kappa shape index (κ1) is 16.4. The smallest absolute Gasteiger partial charge is 0.227 e. The van der Waals surface area contributed by atoms with E-state index in [4.69, 9.17) is 0 Å². The molecule has 0 bridgehead atoms. The Morgan fingerprint density at radius 1 is 0.875 bits per heavy atom. The zero-order chi connectivity index (χ0) is 16.5. The van der Waals surface area contributed by atoms with Crippen molar-refractivity contribution in [2.45, 2.75) is 69.5 Å². The molecule has 4 rings (SSSR count). The van der Waals surface area contributed by atoms with Gasteiger partial charge < -0.3 is 4.90 Å². The van der Waals surface area contributed by atoms with Crippen molar-refractivity contribution in [3.8, 4) is 6.07 Å². The summed E-state index contributed by atoms with van der Waals surface area (Å²) < 4.78 is 0. The molecule has 24 heavy (non-hydrogen) atoms. The van der Waals surface area contributed by atoms with Crippen LogP contribution in [-0.4, -0.2) is 71.5 Å². The van der Waals surface area contributed by atoms with Crippen LogP contribution in [0.15, 0.2) is 0 Å². The van der Waals surface area contributed by atoms with E-state index in [0.717, 1.165) is 38.6 Å². The molecule has 0 aromatic heterocycles. The first-order valence-electron chi connectivity index (χ1n) is 9.94. The summed E-state index contributed by atoms with van der Waals surface area (Å²) in [6.45, 7) is 4.35. The Morgan fingerprint density at radius 3 is 2.38 bits per heavy atom. The Balaban J connectivity index is 1.32. The van der Waals surface area contributed by atoms with Crippen LogP contribution < -0.4 is 0 Å². The van der Waals surface area contributed by atoms with Crippen molar-refractivity contribution < 1.29 is 4.79 Å². The van der Waals surface area contributed by atoms with Crippen molar-refractivity contribution in [1.29, 1.82) is 5.26 Å². The third-order valence-electron chi connectivity index (χ3n) is 6.56. The largest absolute Gasteiger partial charge is 0.338 e. The van der Waals surface area contributed by atoms with Crippen molar-refractivity contribution in [1.82, 2.24) is 14.7 Å². The predicted molar refractivity (Wildman–Crippen MR) is 92.3 cm³/mol. The van der Waals surface area contributed by atoms with Gasteiger partial charge in [-0.1, -0.05) is 19.3 Å². The summed E-state index contributed by atoms with van der Waals surface area (Å²) in [6, 6.07) is 3.67. The number of likely N-dealkylation sites (tertiary alicyclic amines) is 1. The van der Waals surface area contributed by atoms with Gasteiger partial charge in [-0.3, -0.25) is 14.6 Å². The highest BCUT2D eigenvalue weighted by atomic mass is 16.2. The fraction of sp³-hybridized carbons (Fsp3) is 0.895. The minimum atomic E-state index is -0.0916. The van der Waals surface area contributed by atoms with E-state index >= 15 is 0 Å². The molecule has 5 heteroatoms. The number of piperazine rings is 1. The maximum atomic E-state index is 13.0. The Labute approximate surface area is 145 Å². The van der Waals surface area contributed by atoms with Crippen molar-refractivity contribution in [2.24, 2.45) is 5.92 Å². The molecule has 2 atom stereocenters. The molecule has 0 aromatic rings. The normalized spacial score (nSPS) is 33.5. The van der Waals surface area contributed by atoms with Gasteiger partial charge in [-0.15, -0.1) is 0 Å². The summed E-state index contributed by atoms with van der Waals surface area (Å²) in [7, 11) is 0. The Hall–Kier alpha value is -1.12. The lowest BCUT2D eigenvalue weighted by molar-refractivity contribution is -0.137. The zero-order valence-corrected chi connectivity index (χ0v) is 14.7. The third kappa shape index (κ3) is 3.32. The second-order valence-corrected chi connectivity index (χ2v) is 8.17. The van der Waals surface area contributed by atoms with Crippen LogP contribution in [0, 0.1) is 17.2 Å². The molecule has 132 valence electrons. The molecular weight excluding hydrogens is 300 g/mol. The van der Waals surface area contributed by atoms with Crippen LogP contribution in [0.5, 0.6) is 0 Å². The number of amides is 1. The number of hydrogen-bond donors (Lipinski definition) is 0. The summed E-state index contributed by atoms with van der Waals surface area (Å²) in [5.74, 6) is 0.475. The second-order valence-electron chi connectivity index (χ2n) is 8.17. The summed E-state index contributed by atoms with van der Waals surface area (Å²) in [5, 5.41) is 9.48. The van der Waals surface area contributed by atoms with Crippen LogP contribution in [0.1, 0.15) is 51.4 Å².